The van der Waals surface area contributed by atoms with E-state index in [9.17, 15) is 21.9 Å². The molecule has 0 aliphatic carbocycles. The highest BCUT2D eigenvalue weighted by atomic mass is 28.3. The van der Waals surface area contributed by atoms with Crippen LogP contribution in [0.2, 0.25) is 0 Å². The summed E-state index contributed by atoms with van der Waals surface area (Å²) in [6.07, 6.45) is 5.71. The number of imidazole rings is 1. The molecule has 0 amide bonds. The molecule has 0 fully saturated rings. The lowest BCUT2D eigenvalue weighted by Crippen LogP contribution is -2.74. The zero-order valence-electron chi connectivity index (χ0n) is 73.5. The van der Waals surface area contributed by atoms with Crippen molar-refractivity contribution in [2.45, 2.75) is 78.6 Å². The van der Waals surface area contributed by atoms with Crippen molar-refractivity contribution in [3.63, 3.8) is 0 Å². The summed E-state index contributed by atoms with van der Waals surface area (Å²) >= 11 is 0. The molecule has 0 N–H and O–H groups in total. The molecular weight excluding hydrogens is 1180 g/mol. The average molecular weight is 1280 g/mol. The molecule has 5 nitrogen and oxygen atoms in total. The van der Waals surface area contributed by atoms with E-state index in [0.29, 0.717) is 45.0 Å². The number of hydrogen-bond acceptors (Lipinski definition) is 2. The lowest BCUT2D eigenvalue weighted by molar-refractivity contribution is -0.570. The first kappa shape index (κ1) is 42.4. The number of hydrogen-bond donors (Lipinski definition) is 0. The quantitative estimate of drug-likeness (QED) is 0.0592. The highest BCUT2D eigenvalue weighted by Crippen LogP contribution is 2.48. The van der Waals surface area contributed by atoms with Gasteiger partial charge >= 0.3 is 0 Å². The largest absolute Gasteiger partial charge is 0.458 e. The number of aromatic nitrogens is 4. The predicted molar refractivity (Wildman–Crippen MR) is 403 cm³/mol. The van der Waals surface area contributed by atoms with Gasteiger partial charge in [-0.1, -0.05) is 292 Å². The van der Waals surface area contributed by atoms with Crippen molar-refractivity contribution in [2.75, 3.05) is 0 Å². The third-order valence-corrected chi connectivity index (χ3v) is 22.5. The molecule has 0 atom stereocenters. The smallest absolute Gasteiger partial charge is 0.269 e. The van der Waals surface area contributed by atoms with Gasteiger partial charge in [0, 0.05) is 23.0 Å². The van der Waals surface area contributed by atoms with Crippen molar-refractivity contribution >= 4 is 61.7 Å². The summed E-state index contributed by atoms with van der Waals surface area (Å²) in [6.45, 7) is 19.5. The molecule has 0 saturated heterocycles. The van der Waals surface area contributed by atoms with Crippen LogP contribution in [-0.2, 0) is 16.2 Å². The van der Waals surface area contributed by atoms with Crippen LogP contribution in [-0.4, -0.2) is 22.2 Å². The van der Waals surface area contributed by atoms with Gasteiger partial charge in [-0.2, -0.15) is 0 Å². The lowest BCUT2D eigenvalue weighted by Gasteiger charge is -2.34. The molecule has 466 valence electrons. The van der Waals surface area contributed by atoms with E-state index in [1.807, 2.05) is 118 Å². The highest BCUT2D eigenvalue weighted by Gasteiger charge is 2.42. The molecule has 1 aliphatic rings. The van der Waals surface area contributed by atoms with Crippen LogP contribution in [0.1, 0.15) is 105 Å². The molecule has 0 saturated carbocycles. The molecule has 6 heteroatoms. The minimum absolute atomic E-state index is 0.0134. The summed E-state index contributed by atoms with van der Waals surface area (Å²) < 4.78 is 197. The molecule has 0 spiro atoms. The third-order valence-electron chi connectivity index (χ3n) is 18.5. The topological polar surface area (TPSA) is 35.9 Å². The number of nitrogens with zero attached hydrogens (tertiary/aromatic N) is 4. The standard InChI is InChI=1S/C90H76N4OSi/c1-88(2,3)63-45-43-60(44-46-63)79-54-65(90(7,8)9)55-81-76-40-22-20-38-74(76)73-37-19-21-39-75(73)80-52-62(61-27-25-36-72(51-61)96(69-30-13-10-14-31-69,70-32-15-11-16-33-70)71-34-17-12-18-35-71)53-84-87(80)93(86(79)81)59-92(84)66-28-26-29-67(57-66)95-68-47-48-78-77-41-23-24-42-82(77)94(83(78)58-68)85-56-64(49-50-91-85)89(4,5)6/h10-58H,1-9H3/i10D,11D,12D,13D,14D,15D,16D,17D,18D,25D,27D,30D,31D,32D,33D,34D,35D,36D,51D. The van der Waals surface area contributed by atoms with E-state index in [4.69, 9.17) is 13.8 Å². The number of pyridine rings is 1. The number of para-hydroxylation sites is 1. The highest BCUT2D eigenvalue weighted by molar-refractivity contribution is 7.20. The van der Waals surface area contributed by atoms with Crippen molar-refractivity contribution < 1.29 is 35.3 Å². The number of benzene rings is 12. The fraction of sp³-hybridized carbons (Fsp3) is 0.133. The van der Waals surface area contributed by atoms with Gasteiger partial charge in [-0.3, -0.25) is 13.7 Å². The second kappa shape index (κ2) is 23.2. The van der Waals surface area contributed by atoms with Crippen LogP contribution in [0, 0.1) is 6.33 Å². The molecule has 0 unspecified atom stereocenters. The van der Waals surface area contributed by atoms with Crippen LogP contribution in [0.5, 0.6) is 11.5 Å². The van der Waals surface area contributed by atoms with Crippen molar-refractivity contribution in [3.8, 4) is 84.3 Å². The van der Waals surface area contributed by atoms with E-state index in [2.05, 4.69) is 134 Å². The van der Waals surface area contributed by atoms with Crippen molar-refractivity contribution in [1.82, 2.24) is 14.1 Å². The minimum atomic E-state index is -6.29. The first-order chi connectivity index (χ1) is 54.4. The number of ether oxygens (including phenoxy) is 1. The summed E-state index contributed by atoms with van der Waals surface area (Å²) in [6, 6.07) is 38.2. The first-order valence-electron chi connectivity index (χ1n) is 41.5. The fourth-order valence-electron chi connectivity index (χ4n) is 13.6. The second-order valence-electron chi connectivity index (χ2n) is 27.5. The van der Waals surface area contributed by atoms with Gasteiger partial charge in [0.15, 0.2) is 8.07 Å². The Kier molecular flexibility index (Phi) is 10.3. The van der Waals surface area contributed by atoms with Crippen LogP contribution in [0.3, 0.4) is 0 Å². The SMILES string of the molecule is [2H]c1c([2H])c([2H])c([Si](c2c([2H])c([2H])c([2H])c([2H])c2[2H])(c2c([2H])c([2H])c([2H])c([2H])c2[2H])c2c([2H])c([2H])c([2H])c(-c3cc4c5c(c3)n(-c3cccc(Oc6ccc7c8ccccc8n(-c8cc(C(C)(C)C)ccn8)c7c6)c3)[c-][n+]5-c3c(-c5ccc(C(C)(C)C)cc5)cc(C(C)(C)C)cc3-c3ccccc3-c3ccccc3-4)c2[2H])c([2H])c1[2H]. The maximum absolute atomic E-state index is 11.1. The van der Waals surface area contributed by atoms with Gasteiger partial charge in [0.2, 0.25) is 0 Å². The summed E-state index contributed by atoms with van der Waals surface area (Å²) in [7, 11) is -6.29. The molecule has 12 aromatic carbocycles. The molecule has 3 aromatic heterocycles. The minimum Gasteiger partial charge on any atom is -0.458 e. The van der Waals surface area contributed by atoms with Crippen LogP contribution < -0.4 is 30.1 Å². The van der Waals surface area contributed by atoms with Gasteiger partial charge < -0.3 is 4.74 Å². The fourth-order valence-corrected chi connectivity index (χ4v) is 17.1. The van der Waals surface area contributed by atoms with Gasteiger partial charge in [-0.05, 0) is 164 Å². The molecule has 0 bridgehead atoms. The molecule has 16 rings (SSSR count). The van der Waals surface area contributed by atoms with Gasteiger partial charge in [-0.25, -0.2) is 4.98 Å². The second-order valence-corrected chi connectivity index (χ2v) is 31.0. The number of rotatable bonds is 10. The lowest BCUT2D eigenvalue weighted by atomic mass is 9.80. The molecule has 4 heterocycles. The molecule has 15 aromatic rings. The first-order valence-corrected chi connectivity index (χ1v) is 34.0. The Balaban J connectivity index is 1.06. The molecular formula is C90H76N4OSi. The maximum atomic E-state index is 11.1. The third kappa shape index (κ3) is 10.3. The maximum Gasteiger partial charge on any atom is 0.269 e. The Hall–Kier alpha value is -10.9. The van der Waals surface area contributed by atoms with Gasteiger partial charge in [0.1, 0.15) is 17.3 Å². The van der Waals surface area contributed by atoms with Crippen molar-refractivity contribution in [2.24, 2.45) is 0 Å². The predicted octanol–water partition coefficient (Wildman–Crippen LogP) is 19.9. The van der Waals surface area contributed by atoms with Gasteiger partial charge in [0.05, 0.1) is 59.5 Å². The molecule has 96 heavy (non-hydrogen) atoms. The van der Waals surface area contributed by atoms with Crippen molar-refractivity contribution in [1.29, 1.82) is 0 Å². The van der Waals surface area contributed by atoms with E-state index in [0.717, 1.165) is 77.7 Å². The van der Waals surface area contributed by atoms with Crippen molar-refractivity contribution in [3.05, 3.63) is 320 Å². The Labute approximate surface area is 591 Å². The van der Waals surface area contributed by atoms with Crippen LogP contribution in [0.15, 0.2) is 297 Å². The monoisotopic (exact) mass is 1280 g/mol. The molecule has 1 aliphatic heterocycles. The van der Waals surface area contributed by atoms with Gasteiger partial charge in [-0.15, -0.1) is 0 Å². The van der Waals surface area contributed by atoms with Crippen LogP contribution >= 0.6 is 0 Å². The van der Waals surface area contributed by atoms with E-state index in [1.165, 1.54) is 0 Å². The van der Waals surface area contributed by atoms with E-state index in [-0.39, 0.29) is 16.4 Å². The van der Waals surface area contributed by atoms with Crippen LogP contribution in [0.4, 0.5) is 0 Å². The normalized spacial score (nSPS) is 15.2. The molecule has 0 radical (unpaired) electrons. The van der Waals surface area contributed by atoms with Crippen LogP contribution in [0.25, 0.3) is 106 Å². The Morgan fingerprint density at radius 2 is 0.969 bits per heavy atom. The summed E-state index contributed by atoms with van der Waals surface area (Å²) in [5.41, 5.74) is 11.8. The summed E-state index contributed by atoms with van der Waals surface area (Å²) in [5, 5.41) is -1.73. The van der Waals surface area contributed by atoms with E-state index >= 15 is 0 Å². The van der Waals surface area contributed by atoms with E-state index < -0.39 is 155 Å². The van der Waals surface area contributed by atoms with E-state index in [1.54, 1.807) is 12.1 Å². The zero-order chi connectivity index (χ0) is 82.2. The number of fused-ring (bicyclic) bond motifs is 10. The summed E-state index contributed by atoms with van der Waals surface area (Å²) in [4.78, 5) is 4.92. The van der Waals surface area contributed by atoms with Gasteiger partial charge in [0.25, 0.3) is 6.33 Å². The average Bonchev–Trinajstić information content (AvgIpc) is 1.63. The Morgan fingerprint density at radius 3 is 1.60 bits per heavy atom. The Morgan fingerprint density at radius 1 is 0.406 bits per heavy atom. The Bertz CT molecular complexity index is 6450. The summed E-state index contributed by atoms with van der Waals surface area (Å²) in [5.74, 6) is 1.61. The zero-order valence-corrected chi connectivity index (χ0v) is 55.5.